The fourth-order valence-electron chi connectivity index (χ4n) is 2.99. The van der Waals surface area contributed by atoms with Gasteiger partial charge in [-0.3, -0.25) is 14.4 Å². The number of halogens is 1. The lowest BCUT2D eigenvalue weighted by Gasteiger charge is -2.05. The molecule has 4 aromatic rings. The lowest BCUT2D eigenvalue weighted by molar-refractivity contribution is -0.143. The third-order valence-electron chi connectivity index (χ3n) is 4.34. The van der Waals surface area contributed by atoms with Crippen molar-refractivity contribution in [1.82, 2.24) is 4.57 Å². The van der Waals surface area contributed by atoms with Gasteiger partial charge in [0.2, 0.25) is 5.43 Å². The number of para-hydroxylation sites is 1. The van der Waals surface area contributed by atoms with E-state index in [-0.39, 0.29) is 23.5 Å². The van der Waals surface area contributed by atoms with E-state index < -0.39 is 17.3 Å². The molecule has 0 bridgehead atoms. The summed E-state index contributed by atoms with van der Waals surface area (Å²) in [5, 5.41) is 0.304. The van der Waals surface area contributed by atoms with Gasteiger partial charge in [0.25, 0.3) is 5.91 Å². The van der Waals surface area contributed by atoms with E-state index in [4.69, 9.17) is 9.15 Å². The number of rotatable bonds is 4. The number of amides is 1. The monoisotopic (exact) mass is 486 g/mol. The maximum Gasteiger partial charge on any atom is 0.326 e. The predicted molar refractivity (Wildman–Crippen MR) is 117 cm³/mol. The molecule has 0 saturated carbocycles. The van der Waals surface area contributed by atoms with Crippen LogP contribution in [0.5, 0.6) is 0 Å². The van der Waals surface area contributed by atoms with Gasteiger partial charge in [-0.15, -0.1) is 0 Å². The third-order valence-corrected chi connectivity index (χ3v) is 5.88. The minimum atomic E-state index is -0.738. The number of carbonyl (C=O) groups excluding carboxylic acids is 2. The summed E-state index contributed by atoms with van der Waals surface area (Å²) in [5.74, 6) is -1.18. The molecular weight excluding hydrogens is 472 g/mol. The maximum atomic E-state index is 12.8. The zero-order valence-corrected chi connectivity index (χ0v) is 18.2. The average molecular weight is 487 g/mol. The Labute approximate surface area is 182 Å². The average Bonchev–Trinajstić information content (AvgIpc) is 3.04. The molecule has 0 unspecified atom stereocenters. The van der Waals surface area contributed by atoms with Gasteiger partial charge in [0.15, 0.2) is 4.80 Å². The van der Waals surface area contributed by atoms with Crippen molar-refractivity contribution < 1.29 is 18.7 Å². The lowest BCUT2D eigenvalue weighted by atomic mass is 10.2. The van der Waals surface area contributed by atoms with Crippen LogP contribution in [-0.4, -0.2) is 23.1 Å². The Morgan fingerprint density at radius 1 is 1.23 bits per heavy atom. The van der Waals surface area contributed by atoms with Gasteiger partial charge < -0.3 is 13.7 Å². The molecule has 2 aromatic carbocycles. The first kappa shape index (κ1) is 20.2. The van der Waals surface area contributed by atoms with Crippen LogP contribution in [0.2, 0.25) is 0 Å². The van der Waals surface area contributed by atoms with Crippen LogP contribution in [-0.2, 0) is 16.1 Å². The smallest absolute Gasteiger partial charge is 0.326 e. The van der Waals surface area contributed by atoms with Crippen molar-refractivity contribution in [2.45, 2.75) is 13.5 Å². The SMILES string of the molecule is CCOC(=O)Cn1c(=NC(=O)c2coc3ccccc3c2=O)sc2cc(Br)ccc21. The predicted octanol–water partition coefficient (Wildman–Crippen LogP) is 3.88. The number of hydrogen-bond acceptors (Lipinski definition) is 6. The molecule has 7 nitrogen and oxygen atoms in total. The largest absolute Gasteiger partial charge is 0.465 e. The first-order valence-corrected chi connectivity index (χ1v) is 10.6. The van der Waals surface area contributed by atoms with Crippen LogP contribution in [0.25, 0.3) is 21.2 Å². The van der Waals surface area contributed by atoms with Crippen molar-refractivity contribution in [2.24, 2.45) is 4.99 Å². The Hall–Kier alpha value is -3.04. The summed E-state index contributed by atoms with van der Waals surface area (Å²) >= 11 is 4.65. The number of carbonyl (C=O) groups is 2. The van der Waals surface area contributed by atoms with E-state index in [0.717, 1.165) is 21.0 Å². The van der Waals surface area contributed by atoms with E-state index in [0.29, 0.717) is 11.0 Å². The molecule has 0 aliphatic rings. The Morgan fingerprint density at radius 3 is 2.83 bits per heavy atom. The van der Waals surface area contributed by atoms with Crippen molar-refractivity contribution in [3.8, 4) is 0 Å². The first-order chi connectivity index (χ1) is 14.5. The molecule has 0 radical (unpaired) electrons. The maximum absolute atomic E-state index is 12.8. The molecule has 1 amide bonds. The van der Waals surface area contributed by atoms with Gasteiger partial charge in [0.1, 0.15) is 24.0 Å². The van der Waals surface area contributed by atoms with Gasteiger partial charge in [-0.05, 0) is 37.3 Å². The highest BCUT2D eigenvalue weighted by Gasteiger charge is 2.16. The number of esters is 1. The lowest BCUT2D eigenvalue weighted by Crippen LogP contribution is -2.24. The number of aromatic nitrogens is 1. The summed E-state index contributed by atoms with van der Waals surface area (Å²) in [6, 6.07) is 12.2. The number of hydrogen-bond donors (Lipinski definition) is 0. The van der Waals surface area contributed by atoms with Crippen molar-refractivity contribution in [3.05, 3.63) is 73.8 Å². The Balaban J connectivity index is 1.85. The molecule has 0 saturated heterocycles. The molecule has 0 N–H and O–H groups in total. The molecular formula is C21H15BrN2O5S. The van der Waals surface area contributed by atoms with Gasteiger partial charge in [-0.2, -0.15) is 4.99 Å². The van der Waals surface area contributed by atoms with Gasteiger partial charge in [0, 0.05) is 4.47 Å². The van der Waals surface area contributed by atoms with Crippen molar-refractivity contribution >= 4 is 60.3 Å². The van der Waals surface area contributed by atoms with Crippen LogP contribution >= 0.6 is 27.3 Å². The van der Waals surface area contributed by atoms with E-state index in [1.165, 1.54) is 11.3 Å². The van der Waals surface area contributed by atoms with Crippen LogP contribution in [0.1, 0.15) is 17.3 Å². The second-order valence-electron chi connectivity index (χ2n) is 6.28. The summed E-state index contributed by atoms with van der Waals surface area (Å²) in [5.41, 5.74) is 0.498. The highest BCUT2D eigenvalue weighted by atomic mass is 79.9. The zero-order valence-electron chi connectivity index (χ0n) is 15.8. The molecule has 30 heavy (non-hydrogen) atoms. The van der Waals surface area contributed by atoms with Crippen LogP contribution in [0.3, 0.4) is 0 Å². The van der Waals surface area contributed by atoms with Crippen LogP contribution in [0, 0.1) is 0 Å². The topological polar surface area (TPSA) is 90.9 Å². The number of fused-ring (bicyclic) bond motifs is 2. The van der Waals surface area contributed by atoms with Crippen molar-refractivity contribution in [2.75, 3.05) is 6.61 Å². The zero-order chi connectivity index (χ0) is 21.3. The number of thiazole rings is 1. The van der Waals surface area contributed by atoms with E-state index in [1.807, 2.05) is 18.2 Å². The molecule has 0 spiro atoms. The molecule has 2 aromatic heterocycles. The van der Waals surface area contributed by atoms with E-state index >= 15 is 0 Å². The second-order valence-corrected chi connectivity index (χ2v) is 8.20. The van der Waals surface area contributed by atoms with Crippen LogP contribution < -0.4 is 10.2 Å². The molecule has 9 heteroatoms. The minimum Gasteiger partial charge on any atom is -0.465 e. The minimum absolute atomic E-state index is 0.103. The van der Waals surface area contributed by atoms with Gasteiger partial charge in [0.05, 0.1) is 22.2 Å². The fraction of sp³-hybridized carbons (Fsp3) is 0.143. The number of benzene rings is 2. The molecule has 0 aliphatic heterocycles. The summed E-state index contributed by atoms with van der Waals surface area (Å²) in [7, 11) is 0. The van der Waals surface area contributed by atoms with E-state index in [1.54, 1.807) is 35.8 Å². The molecule has 2 heterocycles. The summed E-state index contributed by atoms with van der Waals surface area (Å²) in [6.45, 7) is 1.86. The normalized spacial score (nSPS) is 11.9. The second kappa shape index (κ2) is 8.37. The highest BCUT2D eigenvalue weighted by Crippen LogP contribution is 2.22. The summed E-state index contributed by atoms with van der Waals surface area (Å²) in [4.78, 5) is 42.0. The van der Waals surface area contributed by atoms with Crippen molar-refractivity contribution in [1.29, 1.82) is 0 Å². The van der Waals surface area contributed by atoms with Gasteiger partial charge >= 0.3 is 5.97 Å². The Kier molecular flexibility index (Phi) is 5.65. The number of ether oxygens (including phenoxy) is 1. The summed E-state index contributed by atoms with van der Waals surface area (Å²) < 4.78 is 13.7. The molecule has 0 atom stereocenters. The molecule has 0 aliphatic carbocycles. The van der Waals surface area contributed by atoms with Gasteiger partial charge in [-0.1, -0.05) is 39.4 Å². The number of nitrogens with zero attached hydrogens (tertiary/aromatic N) is 2. The first-order valence-electron chi connectivity index (χ1n) is 9.02. The van der Waals surface area contributed by atoms with E-state index in [9.17, 15) is 14.4 Å². The Bertz CT molecular complexity index is 1420. The van der Waals surface area contributed by atoms with E-state index in [2.05, 4.69) is 20.9 Å². The molecule has 0 fully saturated rings. The highest BCUT2D eigenvalue weighted by molar-refractivity contribution is 9.10. The Morgan fingerprint density at radius 2 is 2.03 bits per heavy atom. The summed E-state index contributed by atoms with van der Waals surface area (Å²) in [6.07, 6.45) is 1.12. The standard InChI is InChI=1S/C21H15BrN2O5S/c1-2-28-18(25)10-24-15-8-7-12(22)9-17(15)30-21(24)23-20(27)14-11-29-16-6-4-3-5-13(16)19(14)26/h3-9,11H,2,10H2,1H3. The van der Waals surface area contributed by atoms with Gasteiger partial charge in [-0.25, -0.2) is 0 Å². The molecule has 152 valence electrons. The third kappa shape index (κ3) is 3.86. The fourth-order valence-corrected chi connectivity index (χ4v) is 4.57. The molecule has 4 rings (SSSR count). The van der Waals surface area contributed by atoms with Crippen molar-refractivity contribution in [3.63, 3.8) is 0 Å². The van der Waals surface area contributed by atoms with Crippen LogP contribution in [0.15, 0.2) is 67.4 Å². The van der Waals surface area contributed by atoms with Crippen LogP contribution in [0.4, 0.5) is 0 Å². The quantitative estimate of drug-likeness (QED) is 0.408.